The van der Waals surface area contributed by atoms with Crippen LogP contribution in [0.3, 0.4) is 0 Å². The second-order valence-corrected chi connectivity index (χ2v) is 7.07. The number of hydrogen-bond donors (Lipinski definition) is 1. The van der Waals surface area contributed by atoms with E-state index in [4.69, 9.17) is 0 Å². The first kappa shape index (κ1) is 20.0. The molecule has 154 valence electrons. The second-order valence-electron chi connectivity index (χ2n) is 7.07. The number of amides is 3. The molecule has 0 aliphatic carbocycles. The highest BCUT2D eigenvalue weighted by Crippen LogP contribution is 2.29. The summed E-state index contributed by atoms with van der Waals surface area (Å²) >= 11 is 0. The molecule has 1 N–H and O–H groups in total. The summed E-state index contributed by atoms with van der Waals surface area (Å²) in [5.74, 6) is -1.92. The Morgan fingerprint density at radius 3 is 2.19 bits per heavy atom. The van der Waals surface area contributed by atoms with Crippen LogP contribution in [0.2, 0.25) is 0 Å². The lowest BCUT2D eigenvalue weighted by Gasteiger charge is -2.14. The smallest absolute Gasteiger partial charge is 0.337 e. The minimum Gasteiger partial charge on any atom is -0.465 e. The predicted molar refractivity (Wildman–Crippen MR) is 114 cm³/mol. The summed E-state index contributed by atoms with van der Waals surface area (Å²) in [6.07, 6.45) is 0. The fourth-order valence-electron chi connectivity index (χ4n) is 3.41. The van der Waals surface area contributed by atoms with Gasteiger partial charge >= 0.3 is 5.97 Å². The Labute approximate surface area is 178 Å². The third kappa shape index (κ3) is 3.69. The summed E-state index contributed by atoms with van der Waals surface area (Å²) < 4.78 is 4.65. The number of aryl methyl sites for hydroxylation is 1. The summed E-state index contributed by atoms with van der Waals surface area (Å²) in [4.78, 5) is 51.0. The van der Waals surface area contributed by atoms with Crippen LogP contribution in [0, 0.1) is 6.92 Å². The molecule has 7 nitrogen and oxygen atoms in total. The molecule has 0 aromatic heterocycles. The molecule has 1 heterocycles. The van der Waals surface area contributed by atoms with Crippen molar-refractivity contribution in [2.75, 3.05) is 17.3 Å². The van der Waals surface area contributed by atoms with E-state index < -0.39 is 17.8 Å². The van der Waals surface area contributed by atoms with Gasteiger partial charge in [0.25, 0.3) is 17.7 Å². The van der Waals surface area contributed by atoms with Gasteiger partial charge in [0.1, 0.15) is 0 Å². The Hall–Kier alpha value is -4.26. The van der Waals surface area contributed by atoms with Crippen LogP contribution in [0.25, 0.3) is 0 Å². The topological polar surface area (TPSA) is 92.8 Å². The van der Waals surface area contributed by atoms with Gasteiger partial charge in [-0.25, -0.2) is 9.69 Å². The molecule has 1 aliphatic rings. The van der Waals surface area contributed by atoms with Crippen LogP contribution < -0.4 is 10.2 Å². The fraction of sp³-hybridized carbons (Fsp3) is 0.0833. The van der Waals surface area contributed by atoms with E-state index in [0.717, 1.165) is 10.5 Å². The summed E-state index contributed by atoms with van der Waals surface area (Å²) in [7, 11) is 1.27. The Morgan fingerprint density at radius 1 is 0.839 bits per heavy atom. The summed E-state index contributed by atoms with van der Waals surface area (Å²) in [5.41, 5.74) is 2.90. The lowest BCUT2D eigenvalue weighted by Crippen LogP contribution is -2.29. The average molecular weight is 414 g/mol. The largest absolute Gasteiger partial charge is 0.465 e. The molecule has 3 aromatic carbocycles. The standard InChI is InChI=1S/C24H18N2O5/c1-14-4-3-5-17(12-14)25-21(27)16-8-11-19-20(13-16)23(29)26(22(19)28)18-9-6-15(7-10-18)24(30)31-2/h3-13H,1-2H3,(H,25,27). The molecule has 0 fully saturated rings. The van der Waals surface area contributed by atoms with Crippen molar-refractivity contribution < 1.29 is 23.9 Å². The van der Waals surface area contributed by atoms with E-state index in [1.54, 1.807) is 6.07 Å². The van der Waals surface area contributed by atoms with Crippen molar-refractivity contribution in [3.8, 4) is 0 Å². The minimum atomic E-state index is -0.531. The van der Waals surface area contributed by atoms with Gasteiger partial charge < -0.3 is 10.1 Å². The fourth-order valence-corrected chi connectivity index (χ4v) is 3.41. The molecule has 3 amide bonds. The second kappa shape index (κ2) is 7.87. The molecule has 0 atom stereocenters. The van der Waals surface area contributed by atoms with Gasteiger partial charge in [-0.15, -0.1) is 0 Å². The first-order chi connectivity index (χ1) is 14.9. The maximum Gasteiger partial charge on any atom is 0.337 e. The van der Waals surface area contributed by atoms with Gasteiger partial charge in [0.15, 0.2) is 0 Å². The van der Waals surface area contributed by atoms with Crippen molar-refractivity contribution in [1.29, 1.82) is 0 Å². The molecule has 1 aliphatic heterocycles. The molecule has 0 bridgehead atoms. The van der Waals surface area contributed by atoms with Crippen molar-refractivity contribution in [3.63, 3.8) is 0 Å². The quantitative estimate of drug-likeness (QED) is 0.517. The van der Waals surface area contributed by atoms with Crippen LogP contribution in [-0.2, 0) is 4.74 Å². The van der Waals surface area contributed by atoms with Gasteiger partial charge in [-0.2, -0.15) is 0 Å². The molecule has 4 rings (SSSR count). The number of carbonyl (C=O) groups is 4. The van der Waals surface area contributed by atoms with Gasteiger partial charge in [0.2, 0.25) is 0 Å². The Bertz CT molecular complexity index is 1230. The number of ether oxygens (including phenoxy) is 1. The number of hydrogen-bond acceptors (Lipinski definition) is 5. The first-order valence-corrected chi connectivity index (χ1v) is 9.48. The molecule has 3 aromatic rings. The highest BCUT2D eigenvalue weighted by Gasteiger charge is 2.37. The van der Waals surface area contributed by atoms with Crippen molar-refractivity contribution in [2.45, 2.75) is 6.92 Å². The van der Waals surface area contributed by atoms with Crippen molar-refractivity contribution >= 4 is 35.1 Å². The number of methoxy groups -OCH3 is 1. The van der Waals surface area contributed by atoms with Gasteiger partial charge in [-0.05, 0) is 67.1 Å². The molecule has 31 heavy (non-hydrogen) atoms. The minimum absolute atomic E-state index is 0.152. The molecule has 0 radical (unpaired) electrons. The Kier molecular flexibility index (Phi) is 5.09. The zero-order valence-electron chi connectivity index (χ0n) is 16.8. The number of benzene rings is 3. The van der Waals surface area contributed by atoms with E-state index in [0.29, 0.717) is 16.9 Å². The number of carbonyl (C=O) groups excluding carboxylic acids is 4. The van der Waals surface area contributed by atoms with Crippen LogP contribution in [0.4, 0.5) is 11.4 Å². The van der Waals surface area contributed by atoms with E-state index in [2.05, 4.69) is 10.1 Å². The molecule has 7 heteroatoms. The zero-order chi connectivity index (χ0) is 22.1. The number of esters is 1. The zero-order valence-corrected chi connectivity index (χ0v) is 16.8. The highest BCUT2D eigenvalue weighted by atomic mass is 16.5. The van der Waals surface area contributed by atoms with Gasteiger partial charge in [0, 0.05) is 11.3 Å². The van der Waals surface area contributed by atoms with Crippen molar-refractivity contribution in [3.05, 3.63) is 94.5 Å². The molecule has 0 spiro atoms. The van der Waals surface area contributed by atoms with E-state index in [1.165, 1.54) is 49.6 Å². The molecule has 0 saturated heterocycles. The monoisotopic (exact) mass is 414 g/mol. The first-order valence-electron chi connectivity index (χ1n) is 9.48. The number of nitrogens with one attached hydrogen (secondary N) is 1. The van der Waals surface area contributed by atoms with E-state index in [1.807, 2.05) is 25.1 Å². The van der Waals surface area contributed by atoms with Crippen molar-refractivity contribution in [1.82, 2.24) is 0 Å². The SMILES string of the molecule is COC(=O)c1ccc(N2C(=O)c3ccc(C(=O)Nc4cccc(C)c4)cc3C2=O)cc1. The lowest BCUT2D eigenvalue weighted by atomic mass is 10.1. The predicted octanol–water partition coefficient (Wildman–Crippen LogP) is 3.83. The normalized spacial score (nSPS) is 12.5. The number of nitrogens with zero attached hydrogens (tertiary/aromatic N) is 1. The van der Waals surface area contributed by atoms with Gasteiger partial charge in [-0.3, -0.25) is 14.4 Å². The number of rotatable bonds is 4. The van der Waals surface area contributed by atoms with Gasteiger partial charge in [-0.1, -0.05) is 12.1 Å². The molecule has 0 unspecified atom stereocenters. The molecular formula is C24H18N2O5. The Balaban J connectivity index is 1.60. The van der Waals surface area contributed by atoms with Crippen molar-refractivity contribution in [2.24, 2.45) is 0 Å². The maximum absolute atomic E-state index is 12.9. The molecule has 0 saturated carbocycles. The number of fused-ring (bicyclic) bond motifs is 1. The summed E-state index contributed by atoms with van der Waals surface area (Å²) in [5, 5.41) is 2.79. The summed E-state index contributed by atoms with van der Waals surface area (Å²) in [6.45, 7) is 1.92. The third-order valence-electron chi connectivity index (χ3n) is 4.97. The van der Waals surface area contributed by atoms with E-state index in [9.17, 15) is 19.2 Å². The highest BCUT2D eigenvalue weighted by molar-refractivity contribution is 6.34. The molecular weight excluding hydrogens is 396 g/mol. The lowest BCUT2D eigenvalue weighted by molar-refractivity contribution is 0.0600. The van der Waals surface area contributed by atoms with Crippen LogP contribution in [0.5, 0.6) is 0 Å². The maximum atomic E-state index is 12.9. The van der Waals surface area contributed by atoms with Crippen LogP contribution >= 0.6 is 0 Å². The van der Waals surface area contributed by atoms with Crippen LogP contribution in [-0.4, -0.2) is 30.8 Å². The number of imide groups is 1. The summed E-state index contributed by atoms with van der Waals surface area (Å²) in [6, 6.07) is 17.7. The number of anilines is 2. The Morgan fingerprint density at radius 2 is 1.52 bits per heavy atom. The van der Waals surface area contributed by atoms with E-state index in [-0.39, 0.29) is 22.6 Å². The van der Waals surface area contributed by atoms with Crippen LogP contribution in [0.1, 0.15) is 47.0 Å². The van der Waals surface area contributed by atoms with E-state index >= 15 is 0 Å². The van der Waals surface area contributed by atoms with Gasteiger partial charge in [0.05, 0.1) is 29.5 Å². The van der Waals surface area contributed by atoms with Crippen LogP contribution in [0.15, 0.2) is 66.7 Å². The third-order valence-corrected chi connectivity index (χ3v) is 4.97. The average Bonchev–Trinajstić information content (AvgIpc) is 3.03.